The van der Waals surface area contributed by atoms with E-state index in [2.05, 4.69) is 41.8 Å². The van der Waals surface area contributed by atoms with Gasteiger partial charge in [0.2, 0.25) is 0 Å². The van der Waals surface area contributed by atoms with Crippen molar-refractivity contribution in [1.29, 1.82) is 0 Å². The molecule has 0 aliphatic carbocycles. The van der Waals surface area contributed by atoms with Crippen molar-refractivity contribution in [3.63, 3.8) is 0 Å². The summed E-state index contributed by atoms with van der Waals surface area (Å²) >= 11 is 3.14. The van der Waals surface area contributed by atoms with Gasteiger partial charge >= 0.3 is 12.1 Å². The molecule has 0 saturated heterocycles. The second-order valence-electron chi connectivity index (χ2n) is 5.03. The Bertz CT molecular complexity index is 487. The van der Waals surface area contributed by atoms with Gasteiger partial charge in [-0.05, 0) is 36.7 Å². The van der Waals surface area contributed by atoms with Crippen LogP contribution in [0.2, 0.25) is 0 Å². The Hall–Kier alpha value is -1.90. The number of aromatic nitrogens is 2. The van der Waals surface area contributed by atoms with E-state index in [0.29, 0.717) is 10.4 Å². The number of amides is 3. The Labute approximate surface area is 131 Å². The zero-order chi connectivity index (χ0) is 15.9. The van der Waals surface area contributed by atoms with Crippen LogP contribution >= 0.6 is 15.9 Å². The number of ether oxygens (including phenoxy) is 1. The molecular weight excluding hydrogens is 342 g/mol. The first-order chi connectivity index (χ1) is 9.76. The van der Waals surface area contributed by atoms with E-state index in [0.717, 1.165) is 0 Å². The van der Waals surface area contributed by atoms with Crippen molar-refractivity contribution in [3.05, 3.63) is 17.0 Å². The van der Waals surface area contributed by atoms with Crippen molar-refractivity contribution in [2.75, 3.05) is 18.4 Å². The fourth-order valence-corrected chi connectivity index (χ4v) is 1.40. The second-order valence-corrected chi connectivity index (χ2v) is 5.85. The predicted molar refractivity (Wildman–Crippen MR) is 81.0 cm³/mol. The van der Waals surface area contributed by atoms with Crippen LogP contribution in [0.5, 0.6) is 0 Å². The lowest BCUT2D eigenvalue weighted by Gasteiger charge is -2.19. The van der Waals surface area contributed by atoms with Crippen LogP contribution in [-0.4, -0.2) is 40.8 Å². The van der Waals surface area contributed by atoms with Crippen LogP contribution in [-0.2, 0) is 4.74 Å². The maximum Gasteiger partial charge on any atom is 0.407 e. The summed E-state index contributed by atoms with van der Waals surface area (Å²) in [7, 11) is 0. The average Bonchev–Trinajstić information content (AvgIpc) is 2.35. The van der Waals surface area contributed by atoms with Crippen LogP contribution < -0.4 is 16.0 Å². The third-order valence-corrected chi connectivity index (χ3v) is 2.35. The Morgan fingerprint density at radius 1 is 1.19 bits per heavy atom. The van der Waals surface area contributed by atoms with Gasteiger partial charge in [-0.25, -0.2) is 19.6 Å². The van der Waals surface area contributed by atoms with Crippen LogP contribution in [0.1, 0.15) is 20.8 Å². The molecule has 0 atom stereocenters. The van der Waals surface area contributed by atoms with Gasteiger partial charge in [-0.2, -0.15) is 0 Å². The van der Waals surface area contributed by atoms with Gasteiger partial charge in [0.15, 0.2) is 5.82 Å². The molecule has 21 heavy (non-hydrogen) atoms. The highest BCUT2D eigenvalue weighted by atomic mass is 79.9. The average molecular weight is 360 g/mol. The minimum Gasteiger partial charge on any atom is -0.444 e. The molecule has 3 N–H and O–H groups in total. The first kappa shape index (κ1) is 17.2. The fraction of sp³-hybridized carbons (Fsp3) is 0.500. The molecule has 0 aliphatic rings. The van der Waals surface area contributed by atoms with Gasteiger partial charge in [0, 0.05) is 13.1 Å². The summed E-state index contributed by atoms with van der Waals surface area (Å²) < 4.78 is 5.63. The van der Waals surface area contributed by atoms with Crippen LogP contribution in [0, 0.1) is 0 Å². The zero-order valence-electron chi connectivity index (χ0n) is 12.1. The molecule has 1 heterocycles. The lowest BCUT2D eigenvalue weighted by atomic mass is 10.2. The lowest BCUT2D eigenvalue weighted by Crippen LogP contribution is -2.39. The van der Waals surface area contributed by atoms with Crippen LogP contribution in [0.25, 0.3) is 0 Å². The highest BCUT2D eigenvalue weighted by Crippen LogP contribution is 2.06. The number of nitrogens with zero attached hydrogens (tertiary/aromatic N) is 2. The Balaban J connectivity index is 2.19. The van der Waals surface area contributed by atoms with Crippen LogP contribution in [0.4, 0.5) is 15.4 Å². The largest absolute Gasteiger partial charge is 0.444 e. The molecule has 0 saturated carbocycles. The van der Waals surface area contributed by atoms with Crippen molar-refractivity contribution >= 4 is 33.9 Å². The Morgan fingerprint density at radius 2 is 1.86 bits per heavy atom. The molecule has 1 rings (SSSR count). The topological polar surface area (TPSA) is 105 Å². The van der Waals surface area contributed by atoms with E-state index in [9.17, 15) is 9.59 Å². The van der Waals surface area contributed by atoms with Gasteiger partial charge in [0.25, 0.3) is 0 Å². The van der Waals surface area contributed by atoms with Crippen LogP contribution in [0.15, 0.2) is 17.0 Å². The minimum atomic E-state index is -0.546. The summed E-state index contributed by atoms with van der Waals surface area (Å²) in [5, 5.41) is 7.60. The number of hydrogen-bond acceptors (Lipinski definition) is 5. The molecule has 0 spiro atoms. The number of rotatable bonds is 4. The molecule has 1 aromatic rings. The fourth-order valence-electron chi connectivity index (χ4n) is 1.19. The summed E-state index contributed by atoms with van der Waals surface area (Å²) in [5.74, 6) is 0.329. The second kappa shape index (κ2) is 7.77. The molecule has 8 nitrogen and oxygen atoms in total. The number of anilines is 1. The van der Waals surface area contributed by atoms with E-state index in [1.165, 1.54) is 12.4 Å². The van der Waals surface area contributed by atoms with Crippen molar-refractivity contribution in [2.24, 2.45) is 0 Å². The third-order valence-electron chi connectivity index (χ3n) is 1.94. The monoisotopic (exact) mass is 359 g/mol. The number of carbonyl (C=O) groups is 2. The lowest BCUT2D eigenvalue weighted by molar-refractivity contribution is 0.0528. The van der Waals surface area contributed by atoms with E-state index < -0.39 is 17.7 Å². The van der Waals surface area contributed by atoms with E-state index in [4.69, 9.17) is 4.74 Å². The predicted octanol–water partition coefficient (Wildman–Crippen LogP) is 1.89. The highest BCUT2D eigenvalue weighted by molar-refractivity contribution is 9.10. The smallest absolute Gasteiger partial charge is 0.407 e. The SMILES string of the molecule is CC(C)(C)OC(=O)NCCNC(=O)Nc1cnc(Br)cn1. The van der Waals surface area contributed by atoms with Gasteiger partial charge in [-0.1, -0.05) is 0 Å². The van der Waals surface area contributed by atoms with Crippen molar-refractivity contribution in [2.45, 2.75) is 26.4 Å². The molecule has 0 unspecified atom stereocenters. The Kier molecular flexibility index (Phi) is 6.35. The highest BCUT2D eigenvalue weighted by Gasteiger charge is 2.15. The van der Waals surface area contributed by atoms with Gasteiger partial charge in [-0.3, -0.25) is 5.32 Å². The maximum absolute atomic E-state index is 11.5. The molecule has 1 aromatic heterocycles. The molecule has 0 radical (unpaired) electrons. The van der Waals surface area contributed by atoms with Crippen LogP contribution in [0.3, 0.4) is 0 Å². The summed E-state index contributed by atoms with van der Waals surface area (Å²) in [5.41, 5.74) is -0.546. The molecule has 0 bridgehead atoms. The normalized spacial score (nSPS) is 10.7. The first-order valence-corrected chi connectivity index (χ1v) is 7.05. The molecule has 0 aromatic carbocycles. The van der Waals surface area contributed by atoms with E-state index >= 15 is 0 Å². The zero-order valence-corrected chi connectivity index (χ0v) is 13.7. The van der Waals surface area contributed by atoms with Crippen molar-refractivity contribution < 1.29 is 14.3 Å². The number of carbonyl (C=O) groups excluding carboxylic acids is 2. The molecule has 116 valence electrons. The Morgan fingerprint density at radius 3 is 2.43 bits per heavy atom. The summed E-state index contributed by atoms with van der Waals surface area (Å²) in [4.78, 5) is 30.7. The van der Waals surface area contributed by atoms with Gasteiger partial charge in [0.1, 0.15) is 10.2 Å². The first-order valence-electron chi connectivity index (χ1n) is 6.25. The maximum atomic E-state index is 11.5. The summed E-state index contributed by atoms with van der Waals surface area (Å²) in [6.07, 6.45) is 2.37. The number of urea groups is 1. The van der Waals surface area contributed by atoms with Gasteiger partial charge in [-0.15, -0.1) is 0 Å². The van der Waals surface area contributed by atoms with E-state index in [1.807, 2.05) is 0 Å². The molecule has 0 fully saturated rings. The molecule has 3 amide bonds. The van der Waals surface area contributed by atoms with Gasteiger partial charge < -0.3 is 15.4 Å². The summed E-state index contributed by atoms with van der Waals surface area (Å²) in [6, 6.07) is -0.433. The quantitative estimate of drug-likeness (QED) is 0.711. The van der Waals surface area contributed by atoms with E-state index in [-0.39, 0.29) is 13.1 Å². The van der Waals surface area contributed by atoms with Crippen molar-refractivity contribution in [3.8, 4) is 0 Å². The van der Waals surface area contributed by atoms with Gasteiger partial charge in [0.05, 0.1) is 12.4 Å². The number of hydrogen-bond donors (Lipinski definition) is 3. The number of halogens is 1. The third kappa shape index (κ3) is 8.08. The van der Waals surface area contributed by atoms with E-state index in [1.54, 1.807) is 20.8 Å². The summed E-state index contributed by atoms with van der Waals surface area (Å²) in [6.45, 7) is 5.84. The molecule has 0 aliphatic heterocycles. The minimum absolute atomic E-state index is 0.258. The number of alkyl carbamates (subject to hydrolysis) is 1. The molecule has 9 heteroatoms. The number of nitrogens with one attached hydrogen (secondary N) is 3. The standard InChI is InChI=1S/C12H18BrN5O3/c1-12(2,3)21-11(20)15-5-4-14-10(19)18-9-7-16-8(13)6-17-9/h6-7H,4-5H2,1-3H3,(H,15,20)(H2,14,17,18,19). The van der Waals surface area contributed by atoms with Crippen molar-refractivity contribution in [1.82, 2.24) is 20.6 Å². The molecular formula is C12H18BrN5O3.